The third kappa shape index (κ3) is 4.31. The molecule has 2 amide bonds. The van der Waals surface area contributed by atoms with E-state index in [9.17, 15) is 9.59 Å². The standard InChI is InChI=1S/C17H26N2O3/c1-16(2,3)22-15(21)19(6)14(20)13(18)17(4,5)12-10-8-7-9-11-12/h7-11,13H,18H2,1-6H3/t13-/m1/s1. The van der Waals surface area contributed by atoms with E-state index in [1.54, 1.807) is 20.8 Å². The number of carbonyl (C=O) groups excluding carboxylic acids is 2. The fourth-order valence-electron chi connectivity index (χ4n) is 1.98. The molecule has 0 aliphatic carbocycles. The average Bonchev–Trinajstić information content (AvgIpc) is 2.44. The number of ether oxygens (including phenoxy) is 1. The summed E-state index contributed by atoms with van der Waals surface area (Å²) in [5.74, 6) is -0.469. The van der Waals surface area contributed by atoms with Crippen molar-refractivity contribution < 1.29 is 14.3 Å². The van der Waals surface area contributed by atoms with Gasteiger partial charge in [0.1, 0.15) is 5.60 Å². The molecule has 0 heterocycles. The summed E-state index contributed by atoms with van der Waals surface area (Å²) in [6.45, 7) is 9.01. The molecule has 1 aromatic carbocycles. The van der Waals surface area contributed by atoms with Crippen LogP contribution in [0, 0.1) is 0 Å². The Balaban J connectivity index is 2.90. The normalized spacial score (nSPS) is 13.4. The second kappa shape index (κ2) is 6.48. The molecule has 0 spiro atoms. The van der Waals surface area contributed by atoms with E-state index in [1.165, 1.54) is 7.05 Å². The SMILES string of the molecule is CN(C(=O)OC(C)(C)C)C(=O)[C@@H](N)C(C)(C)c1ccccc1. The Hall–Kier alpha value is -1.88. The van der Waals surface area contributed by atoms with E-state index in [0.29, 0.717) is 0 Å². The van der Waals surface area contributed by atoms with Gasteiger partial charge in [0, 0.05) is 12.5 Å². The number of hydrogen-bond donors (Lipinski definition) is 1. The first-order chi connectivity index (χ1) is 9.97. The lowest BCUT2D eigenvalue weighted by molar-refractivity contribution is -0.131. The highest BCUT2D eigenvalue weighted by Crippen LogP contribution is 2.27. The molecule has 0 aliphatic heterocycles. The fourth-order valence-corrected chi connectivity index (χ4v) is 1.98. The van der Waals surface area contributed by atoms with E-state index in [0.717, 1.165) is 10.5 Å². The maximum Gasteiger partial charge on any atom is 0.416 e. The van der Waals surface area contributed by atoms with Crippen molar-refractivity contribution in [2.45, 2.75) is 51.7 Å². The quantitative estimate of drug-likeness (QED) is 0.932. The molecule has 1 rings (SSSR count). The molecular formula is C17H26N2O3. The lowest BCUT2D eigenvalue weighted by atomic mass is 9.77. The van der Waals surface area contributed by atoms with E-state index < -0.39 is 29.1 Å². The first kappa shape index (κ1) is 18.2. The van der Waals surface area contributed by atoms with Gasteiger partial charge in [-0.25, -0.2) is 9.69 Å². The van der Waals surface area contributed by atoms with Crippen molar-refractivity contribution in [1.82, 2.24) is 4.90 Å². The average molecular weight is 306 g/mol. The molecule has 0 aromatic heterocycles. The molecule has 1 atom stereocenters. The summed E-state index contributed by atoms with van der Waals surface area (Å²) in [7, 11) is 1.39. The lowest BCUT2D eigenvalue weighted by Gasteiger charge is -2.33. The molecule has 1 aromatic rings. The molecule has 5 nitrogen and oxygen atoms in total. The Morgan fingerprint density at radius 1 is 1.09 bits per heavy atom. The molecule has 0 saturated heterocycles. The molecule has 0 unspecified atom stereocenters. The van der Waals surface area contributed by atoms with E-state index >= 15 is 0 Å². The van der Waals surface area contributed by atoms with Crippen LogP contribution in [0.25, 0.3) is 0 Å². The highest BCUT2D eigenvalue weighted by Gasteiger charge is 2.37. The smallest absolute Gasteiger partial charge is 0.416 e. The zero-order valence-corrected chi connectivity index (χ0v) is 14.2. The first-order valence-corrected chi connectivity index (χ1v) is 7.28. The number of nitrogens with two attached hydrogens (primary N) is 1. The Labute approximate surface area is 132 Å². The Bertz CT molecular complexity index is 533. The second-order valence-corrected chi connectivity index (χ2v) is 6.94. The molecular weight excluding hydrogens is 280 g/mol. The summed E-state index contributed by atoms with van der Waals surface area (Å²) in [5, 5.41) is 0. The summed E-state index contributed by atoms with van der Waals surface area (Å²) in [6, 6.07) is 8.67. The summed E-state index contributed by atoms with van der Waals surface area (Å²) in [5.41, 5.74) is 5.80. The molecule has 0 radical (unpaired) electrons. The highest BCUT2D eigenvalue weighted by atomic mass is 16.6. The van der Waals surface area contributed by atoms with E-state index in [2.05, 4.69) is 0 Å². The number of nitrogens with zero attached hydrogens (tertiary/aromatic N) is 1. The van der Waals surface area contributed by atoms with Crippen LogP contribution in [-0.2, 0) is 14.9 Å². The molecule has 0 fully saturated rings. The Kier molecular flexibility index (Phi) is 5.35. The summed E-state index contributed by atoms with van der Waals surface area (Å²) in [4.78, 5) is 25.4. The third-order valence-corrected chi connectivity index (χ3v) is 3.56. The molecule has 122 valence electrons. The molecule has 0 aliphatic rings. The van der Waals surface area contributed by atoms with Crippen molar-refractivity contribution in [3.05, 3.63) is 35.9 Å². The van der Waals surface area contributed by atoms with Crippen molar-refractivity contribution in [2.75, 3.05) is 7.05 Å². The number of imide groups is 1. The molecule has 2 N–H and O–H groups in total. The van der Waals surface area contributed by atoms with Gasteiger partial charge in [0.2, 0.25) is 5.91 Å². The minimum atomic E-state index is -0.854. The van der Waals surface area contributed by atoms with Crippen molar-refractivity contribution in [3.8, 4) is 0 Å². The Morgan fingerprint density at radius 3 is 2.05 bits per heavy atom. The van der Waals surface area contributed by atoms with Gasteiger partial charge in [0.15, 0.2) is 0 Å². The van der Waals surface area contributed by atoms with Crippen LogP contribution in [0.15, 0.2) is 30.3 Å². The largest absolute Gasteiger partial charge is 0.443 e. The van der Waals surface area contributed by atoms with Crippen molar-refractivity contribution in [3.63, 3.8) is 0 Å². The van der Waals surface area contributed by atoms with Crippen LogP contribution in [0.3, 0.4) is 0 Å². The van der Waals surface area contributed by atoms with Crippen LogP contribution < -0.4 is 5.73 Å². The van der Waals surface area contributed by atoms with Gasteiger partial charge >= 0.3 is 6.09 Å². The number of rotatable bonds is 3. The summed E-state index contributed by atoms with van der Waals surface area (Å²) in [6.07, 6.45) is -0.697. The molecule has 22 heavy (non-hydrogen) atoms. The highest BCUT2D eigenvalue weighted by molar-refractivity contribution is 5.95. The van der Waals surface area contributed by atoms with E-state index in [-0.39, 0.29) is 0 Å². The number of carbonyl (C=O) groups is 2. The van der Waals surface area contributed by atoms with Crippen LogP contribution >= 0.6 is 0 Å². The van der Waals surface area contributed by atoms with Gasteiger partial charge in [0.05, 0.1) is 6.04 Å². The zero-order chi connectivity index (χ0) is 17.1. The van der Waals surface area contributed by atoms with Gasteiger partial charge in [-0.05, 0) is 26.3 Å². The topological polar surface area (TPSA) is 72.6 Å². The number of amides is 2. The minimum Gasteiger partial charge on any atom is -0.443 e. The van der Waals surface area contributed by atoms with Crippen molar-refractivity contribution in [1.29, 1.82) is 0 Å². The van der Waals surface area contributed by atoms with E-state index in [1.807, 2.05) is 44.2 Å². The van der Waals surface area contributed by atoms with E-state index in [4.69, 9.17) is 10.5 Å². The third-order valence-electron chi connectivity index (χ3n) is 3.56. The van der Waals surface area contributed by atoms with Gasteiger partial charge in [-0.15, -0.1) is 0 Å². The molecule has 5 heteroatoms. The predicted octanol–water partition coefficient (Wildman–Crippen LogP) is 2.69. The van der Waals surface area contributed by atoms with Gasteiger partial charge in [-0.3, -0.25) is 4.79 Å². The number of likely N-dealkylation sites (N-methyl/N-ethyl adjacent to an activating group) is 1. The maximum atomic E-state index is 12.5. The van der Waals surface area contributed by atoms with Gasteiger partial charge in [-0.1, -0.05) is 44.2 Å². The Morgan fingerprint density at radius 2 is 1.59 bits per heavy atom. The molecule has 0 bridgehead atoms. The van der Waals surface area contributed by atoms with Crippen LogP contribution in [0.5, 0.6) is 0 Å². The monoisotopic (exact) mass is 306 g/mol. The maximum absolute atomic E-state index is 12.5. The lowest BCUT2D eigenvalue weighted by Crippen LogP contribution is -2.54. The van der Waals surface area contributed by atoms with Gasteiger partial charge in [0.25, 0.3) is 0 Å². The fraction of sp³-hybridized carbons (Fsp3) is 0.529. The van der Waals surface area contributed by atoms with Crippen LogP contribution in [-0.4, -0.2) is 35.6 Å². The summed E-state index contributed by atoms with van der Waals surface area (Å²) < 4.78 is 5.20. The number of hydrogen-bond acceptors (Lipinski definition) is 4. The molecule has 0 saturated carbocycles. The first-order valence-electron chi connectivity index (χ1n) is 7.28. The van der Waals surface area contributed by atoms with Gasteiger partial charge in [-0.2, -0.15) is 0 Å². The second-order valence-electron chi connectivity index (χ2n) is 6.94. The zero-order valence-electron chi connectivity index (χ0n) is 14.2. The minimum absolute atomic E-state index is 0.469. The predicted molar refractivity (Wildman–Crippen MR) is 86.4 cm³/mol. The number of benzene rings is 1. The van der Waals surface area contributed by atoms with Crippen LogP contribution in [0.4, 0.5) is 4.79 Å². The summed E-state index contributed by atoms with van der Waals surface area (Å²) >= 11 is 0. The van der Waals surface area contributed by atoms with Crippen molar-refractivity contribution >= 4 is 12.0 Å². The van der Waals surface area contributed by atoms with Gasteiger partial charge < -0.3 is 10.5 Å². The van der Waals surface area contributed by atoms with Crippen LogP contribution in [0.2, 0.25) is 0 Å². The van der Waals surface area contributed by atoms with Crippen LogP contribution in [0.1, 0.15) is 40.2 Å². The van der Waals surface area contributed by atoms with Crippen molar-refractivity contribution in [2.24, 2.45) is 5.73 Å².